The molecule has 1 amide bonds. The number of carbonyl (C=O) groups excluding carboxylic acids is 1. The minimum absolute atomic E-state index is 0.114. The van der Waals surface area contributed by atoms with Gasteiger partial charge in [0.1, 0.15) is 16.6 Å². The van der Waals surface area contributed by atoms with E-state index in [1.807, 2.05) is 63.3 Å². The summed E-state index contributed by atoms with van der Waals surface area (Å²) in [5.41, 5.74) is 3.65. The maximum atomic E-state index is 18.0. The van der Waals surface area contributed by atoms with Gasteiger partial charge in [-0.2, -0.15) is 15.6 Å². The second kappa shape index (κ2) is 15.6. The number of carbonyl (C=O) groups is 1. The van der Waals surface area contributed by atoms with Crippen LogP contribution in [0.25, 0.3) is 44.0 Å². The van der Waals surface area contributed by atoms with Gasteiger partial charge in [-0.3, -0.25) is 0 Å². The van der Waals surface area contributed by atoms with Crippen LogP contribution < -0.4 is 4.90 Å². The number of aryl methyl sites for hydroxylation is 1. The average molecular weight is 810 g/mol. The Labute approximate surface area is 342 Å². The number of amides is 1. The molecular weight excluding hydrogens is 761 g/mol. The zero-order valence-corrected chi connectivity index (χ0v) is 34.7. The standard InChI is InChI=1S/C42H49ClFN11O3/c1-24-31(43)20-32-30(21-47-55(32)33-11-7-8-17-57-33)34(24)35-25(10-9-14-45)18-29-37(36(35)44)48-40(52-22-28(23-52)51(5)6)38-39(29)54(50-49-38)27-13-16-53(26(19-27)12-15-46)41(56)58-42(2,3)4/h18,20-21,26-28,33H,7-13,16-17,19,22-23H2,1-6H3/t26-,27+,33?/m1/s1. The first-order valence-electron chi connectivity index (χ1n) is 20.1. The van der Waals surface area contributed by atoms with Crippen LogP contribution in [0.2, 0.25) is 5.02 Å². The fraction of sp³-hybridized carbons (Fsp3) is 0.548. The van der Waals surface area contributed by atoms with E-state index in [-0.39, 0.29) is 43.1 Å². The van der Waals surface area contributed by atoms with E-state index < -0.39 is 23.6 Å². The molecule has 6 heterocycles. The monoisotopic (exact) mass is 809 g/mol. The van der Waals surface area contributed by atoms with Gasteiger partial charge in [0.15, 0.2) is 23.4 Å². The smallest absolute Gasteiger partial charge is 0.410 e. The van der Waals surface area contributed by atoms with E-state index in [0.29, 0.717) is 88.6 Å². The molecule has 0 spiro atoms. The molecule has 5 aromatic rings. The van der Waals surface area contributed by atoms with Crippen molar-refractivity contribution in [2.45, 2.75) is 109 Å². The zero-order valence-electron chi connectivity index (χ0n) is 33.9. The number of likely N-dealkylation sites (tertiary alicyclic amines) is 1. The predicted molar refractivity (Wildman–Crippen MR) is 219 cm³/mol. The number of anilines is 1. The lowest BCUT2D eigenvalue weighted by atomic mass is 9.89. The zero-order chi connectivity index (χ0) is 41.0. The molecule has 3 aliphatic rings. The summed E-state index contributed by atoms with van der Waals surface area (Å²) in [4.78, 5) is 24.3. The number of fused-ring (bicyclic) bond motifs is 4. The highest BCUT2D eigenvalue weighted by Crippen LogP contribution is 2.45. The van der Waals surface area contributed by atoms with Gasteiger partial charge in [-0.15, -0.1) is 5.10 Å². The van der Waals surface area contributed by atoms with Crippen LogP contribution in [0.3, 0.4) is 0 Å². The molecule has 8 rings (SSSR count). The number of benzene rings is 2. The van der Waals surface area contributed by atoms with Gasteiger partial charge in [-0.05, 0) is 104 Å². The average Bonchev–Trinajstić information content (AvgIpc) is 3.80. The van der Waals surface area contributed by atoms with E-state index >= 15 is 4.39 Å². The van der Waals surface area contributed by atoms with Crippen LogP contribution in [-0.4, -0.2) is 104 Å². The Balaban J connectivity index is 1.33. The molecule has 3 aromatic heterocycles. The van der Waals surface area contributed by atoms with Crippen LogP contribution >= 0.6 is 11.6 Å². The number of aromatic nitrogens is 6. The van der Waals surface area contributed by atoms with Gasteiger partial charge in [-0.25, -0.2) is 23.5 Å². The van der Waals surface area contributed by atoms with Crippen molar-refractivity contribution >= 4 is 56.4 Å². The predicted octanol–water partition coefficient (Wildman–Crippen LogP) is 7.86. The Morgan fingerprint density at radius 2 is 1.88 bits per heavy atom. The highest BCUT2D eigenvalue weighted by molar-refractivity contribution is 6.33. The normalized spacial score (nSPS) is 20.5. The van der Waals surface area contributed by atoms with Crippen molar-refractivity contribution in [3.05, 3.63) is 40.3 Å². The summed E-state index contributed by atoms with van der Waals surface area (Å²) in [6.07, 6.45) is 5.33. The van der Waals surface area contributed by atoms with Crippen molar-refractivity contribution < 1.29 is 18.7 Å². The van der Waals surface area contributed by atoms with Gasteiger partial charge in [-0.1, -0.05) is 16.8 Å². The van der Waals surface area contributed by atoms with Gasteiger partial charge in [0.2, 0.25) is 0 Å². The van der Waals surface area contributed by atoms with Crippen LogP contribution in [0.1, 0.15) is 89.1 Å². The summed E-state index contributed by atoms with van der Waals surface area (Å²) in [6.45, 7) is 9.67. The van der Waals surface area contributed by atoms with Gasteiger partial charge in [0.25, 0.3) is 0 Å². The van der Waals surface area contributed by atoms with E-state index in [0.717, 1.165) is 30.2 Å². The number of likely N-dealkylation sites (N-methyl/N-ethyl adjacent to an activating group) is 1. The topological polar surface area (TPSA) is 154 Å². The molecule has 2 aromatic carbocycles. The van der Waals surface area contributed by atoms with Crippen molar-refractivity contribution in [2.75, 3.05) is 45.2 Å². The van der Waals surface area contributed by atoms with Crippen molar-refractivity contribution in [1.29, 1.82) is 10.5 Å². The number of hydrogen-bond donors (Lipinski definition) is 0. The van der Waals surface area contributed by atoms with Crippen LogP contribution in [-0.2, 0) is 15.9 Å². The lowest BCUT2D eigenvalue weighted by molar-refractivity contribution is -0.0366. The number of hydrogen-bond acceptors (Lipinski definition) is 11. The van der Waals surface area contributed by atoms with E-state index in [1.54, 1.807) is 11.1 Å². The summed E-state index contributed by atoms with van der Waals surface area (Å²) in [5.74, 6) is 0.0120. The fourth-order valence-electron chi connectivity index (χ4n) is 8.76. The molecule has 0 aliphatic carbocycles. The summed E-state index contributed by atoms with van der Waals surface area (Å²) in [7, 11) is 4.07. The number of nitrogens with zero attached hydrogens (tertiary/aromatic N) is 11. The first-order chi connectivity index (χ1) is 27.8. The lowest BCUT2D eigenvalue weighted by Crippen LogP contribution is -2.57. The van der Waals surface area contributed by atoms with Crippen LogP contribution in [0.15, 0.2) is 18.3 Å². The molecule has 58 heavy (non-hydrogen) atoms. The Morgan fingerprint density at radius 1 is 1.09 bits per heavy atom. The minimum Gasteiger partial charge on any atom is -0.444 e. The summed E-state index contributed by atoms with van der Waals surface area (Å²) < 4.78 is 33.6. The fourth-order valence-corrected chi connectivity index (χ4v) is 8.96. The molecule has 3 saturated heterocycles. The van der Waals surface area contributed by atoms with Crippen molar-refractivity contribution in [3.63, 3.8) is 0 Å². The molecule has 0 N–H and O–H groups in total. The molecule has 14 nitrogen and oxygen atoms in total. The third kappa shape index (κ3) is 7.07. The van der Waals surface area contributed by atoms with Crippen molar-refractivity contribution in [2.24, 2.45) is 0 Å². The molecule has 304 valence electrons. The van der Waals surface area contributed by atoms with Crippen molar-refractivity contribution in [1.82, 2.24) is 39.6 Å². The Bertz CT molecular complexity index is 2480. The largest absolute Gasteiger partial charge is 0.444 e. The van der Waals surface area contributed by atoms with Gasteiger partial charge < -0.3 is 24.2 Å². The number of pyridine rings is 1. The first-order valence-corrected chi connectivity index (χ1v) is 20.5. The highest BCUT2D eigenvalue weighted by Gasteiger charge is 2.38. The van der Waals surface area contributed by atoms with Crippen LogP contribution in [0.4, 0.5) is 15.0 Å². The highest BCUT2D eigenvalue weighted by atomic mass is 35.5. The SMILES string of the molecule is Cc1c(Cl)cc2c(cnn2C2CCCCO2)c1-c1c(CCC#N)cc2c(nc(N3CC(N(C)C)C3)c3nnn([C@H]4CCN(C(=O)OC(C)(C)C)[C@H](CC#N)C4)c32)c1F. The molecule has 3 aliphatic heterocycles. The van der Waals surface area contributed by atoms with E-state index in [4.69, 9.17) is 41.5 Å². The van der Waals surface area contributed by atoms with E-state index in [1.165, 1.54) is 0 Å². The third-order valence-electron chi connectivity index (χ3n) is 11.9. The Hall–Kier alpha value is -5.09. The molecule has 3 fully saturated rings. The molecule has 3 atom stereocenters. The lowest BCUT2D eigenvalue weighted by Gasteiger charge is -2.43. The Kier molecular flexibility index (Phi) is 10.7. The molecule has 1 unspecified atom stereocenters. The molecule has 0 saturated carbocycles. The molecule has 0 bridgehead atoms. The van der Waals surface area contributed by atoms with Crippen LogP contribution in [0.5, 0.6) is 0 Å². The maximum absolute atomic E-state index is 18.0. The summed E-state index contributed by atoms with van der Waals surface area (Å²) in [5, 5.41) is 35.6. The number of piperidine rings is 1. The second-order valence-corrected chi connectivity index (χ2v) is 17.4. The van der Waals surface area contributed by atoms with Crippen LogP contribution in [0, 0.1) is 35.4 Å². The molecular formula is C42H49ClFN11O3. The third-order valence-corrected chi connectivity index (χ3v) is 12.3. The van der Waals surface area contributed by atoms with Gasteiger partial charge in [0, 0.05) is 65.6 Å². The summed E-state index contributed by atoms with van der Waals surface area (Å²) in [6, 6.07) is 7.91. The molecule has 16 heteroatoms. The quantitative estimate of drug-likeness (QED) is 0.151. The maximum Gasteiger partial charge on any atom is 0.410 e. The number of rotatable bonds is 8. The number of ether oxygens (including phenoxy) is 2. The minimum atomic E-state index is -0.691. The van der Waals surface area contributed by atoms with Gasteiger partial charge in [0.05, 0.1) is 42.4 Å². The second-order valence-electron chi connectivity index (χ2n) is 17.0. The Morgan fingerprint density at radius 3 is 2.57 bits per heavy atom. The van der Waals surface area contributed by atoms with Crippen molar-refractivity contribution in [3.8, 4) is 23.3 Å². The first kappa shape index (κ1) is 39.7. The van der Waals surface area contributed by atoms with E-state index in [9.17, 15) is 15.3 Å². The number of halogens is 2. The summed E-state index contributed by atoms with van der Waals surface area (Å²) >= 11 is 6.98. The molecule has 0 radical (unpaired) electrons. The van der Waals surface area contributed by atoms with Gasteiger partial charge >= 0.3 is 6.09 Å². The number of nitriles is 2. The van der Waals surface area contributed by atoms with E-state index in [2.05, 4.69) is 21.9 Å².